The van der Waals surface area contributed by atoms with E-state index in [4.69, 9.17) is 16.7 Å². The number of amides is 1. The number of halogens is 2. The number of carbonyl (C=O) groups excluding carboxylic acids is 1. The Morgan fingerprint density at radius 2 is 1.87 bits per heavy atom. The molecule has 4 N–H and O–H groups in total. The second-order valence-electron chi connectivity index (χ2n) is 7.71. The number of carbonyl (C=O) groups is 2. The second kappa shape index (κ2) is 8.19. The van der Waals surface area contributed by atoms with Crippen LogP contribution < -0.4 is 10.5 Å². The van der Waals surface area contributed by atoms with Crippen LogP contribution in [0.4, 0.5) is 10.1 Å². The zero-order valence-electron chi connectivity index (χ0n) is 16.7. The Morgan fingerprint density at radius 1 is 1.26 bits per heavy atom. The number of hydrogen-bond donors (Lipinski definition) is 3. The minimum atomic E-state index is -4.04. The Labute approximate surface area is 184 Å². The van der Waals surface area contributed by atoms with Crippen LogP contribution in [0, 0.1) is 5.82 Å². The summed E-state index contributed by atoms with van der Waals surface area (Å²) >= 11 is 5.68. The van der Waals surface area contributed by atoms with Gasteiger partial charge in [-0.3, -0.25) is 4.79 Å². The molecule has 0 aromatic heterocycles. The second-order valence-corrected chi connectivity index (χ2v) is 9.66. The smallest absolute Gasteiger partial charge is 0.337 e. The Kier molecular flexibility index (Phi) is 6.12. The van der Waals surface area contributed by atoms with E-state index in [0.717, 1.165) is 22.0 Å². The molecular formula is C20H21ClFN3O5S. The summed E-state index contributed by atoms with van der Waals surface area (Å²) in [5.41, 5.74) is -0.593. The Balaban J connectivity index is 2.08. The zero-order chi connectivity index (χ0) is 23.1. The number of carboxylic acids is 1. The van der Waals surface area contributed by atoms with Crippen molar-refractivity contribution in [1.82, 2.24) is 4.31 Å². The number of nitrogens with one attached hydrogen (secondary N) is 1. The third-order valence-electron chi connectivity index (χ3n) is 5.32. The third-order valence-corrected chi connectivity index (χ3v) is 6.59. The first-order chi connectivity index (χ1) is 14.4. The number of benzene rings is 2. The normalized spacial score (nSPS) is 16.1. The number of hydrogen-bond acceptors (Lipinski definition) is 4. The van der Waals surface area contributed by atoms with Gasteiger partial charge in [-0.05, 0) is 29.2 Å². The maximum atomic E-state index is 14.0. The fraction of sp³-hybridized carbons (Fsp3) is 0.300. The van der Waals surface area contributed by atoms with Crippen molar-refractivity contribution < 1.29 is 27.5 Å². The minimum absolute atomic E-state index is 0.0203. The van der Waals surface area contributed by atoms with Crippen molar-refractivity contribution in [3.8, 4) is 0 Å². The summed E-state index contributed by atoms with van der Waals surface area (Å²) in [6, 6.07) is 8.80. The third kappa shape index (κ3) is 4.29. The van der Waals surface area contributed by atoms with Crippen LogP contribution in [0.5, 0.6) is 0 Å². The van der Waals surface area contributed by atoms with Crippen LogP contribution in [-0.4, -0.2) is 42.8 Å². The summed E-state index contributed by atoms with van der Waals surface area (Å²) in [5, 5.41) is 16.7. The molecule has 166 valence electrons. The quantitative estimate of drug-likeness (QED) is 0.598. The summed E-state index contributed by atoms with van der Waals surface area (Å²) < 4.78 is 38.5. The van der Waals surface area contributed by atoms with Crippen LogP contribution in [0.2, 0.25) is 5.02 Å². The molecule has 0 unspecified atom stereocenters. The van der Waals surface area contributed by atoms with Crippen molar-refractivity contribution in [2.24, 2.45) is 5.14 Å². The molecule has 8 nitrogen and oxygen atoms in total. The molecule has 2 aromatic rings. The molecule has 1 saturated heterocycles. The molecule has 0 saturated carbocycles. The predicted molar refractivity (Wildman–Crippen MR) is 114 cm³/mol. The maximum absolute atomic E-state index is 14.0. The van der Waals surface area contributed by atoms with Crippen LogP contribution in [0.15, 0.2) is 36.4 Å². The number of rotatable bonds is 6. The Morgan fingerprint density at radius 3 is 2.42 bits per heavy atom. The Hall–Kier alpha value is -2.53. The first kappa shape index (κ1) is 23.1. The van der Waals surface area contributed by atoms with Crippen molar-refractivity contribution >= 4 is 39.4 Å². The fourth-order valence-electron chi connectivity index (χ4n) is 3.68. The van der Waals surface area contributed by atoms with Crippen molar-refractivity contribution in [2.45, 2.75) is 25.2 Å². The lowest BCUT2D eigenvalue weighted by molar-refractivity contribution is -0.125. The molecule has 1 amide bonds. The number of carboxylic acid groups (broad SMARTS) is 1. The molecule has 0 bridgehead atoms. The first-order valence-electron chi connectivity index (χ1n) is 9.28. The van der Waals surface area contributed by atoms with Gasteiger partial charge in [-0.1, -0.05) is 49.7 Å². The molecule has 11 heteroatoms. The predicted octanol–water partition coefficient (Wildman–Crippen LogP) is 2.70. The van der Waals surface area contributed by atoms with E-state index < -0.39 is 43.9 Å². The molecule has 3 rings (SSSR count). The zero-order valence-corrected chi connectivity index (χ0v) is 18.3. The largest absolute Gasteiger partial charge is 0.478 e. The van der Waals surface area contributed by atoms with Gasteiger partial charge in [0, 0.05) is 13.1 Å². The lowest BCUT2D eigenvalue weighted by Crippen LogP contribution is -2.67. The monoisotopic (exact) mass is 469 g/mol. The molecule has 0 aliphatic carbocycles. The number of anilines is 1. The van der Waals surface area contributed by atoms with Gasteiger partial charge >= 0.3 is 5.97 Å². The molecule has 0 atom stereocenters. The molecule has 1 heterocycles. The van der Waals surface area contributed by atoms with Crippen LogP contribution in [0.25, 0.3) is 0 Å². The number of nitrogens with zero attached hydrogens (tertiary/aromatic N) is 1. The number of aromatic carboxylic acids is 1. The van der Waals surface area contributed by atoms with Gasteiger partial charge in [0.25, 0.3) is 10.2 Å². The van der Waals surface area contributed by atoms with Gasteiger partial charge in [-0.2, -0.15) is 12.7 Å². The van der Waals surface area contributed by atoms with Crippen LogP contribution >= 0.6 is 11.6 Å². The number of nitrogens with two attached hydrogens (primary N) is 1. The van der Waals surface area contributed by atoms with Crippen molar-refractivity contribution in [3.63, 3.8) is 0 Å². The highest BCUT2D eigenvalue weighted by atomic mass is 35.5. The van der Waals surface area contributed by atoms with Crippen molar-refractivity contribution in [2.75, 3.05) is 18.4 Å². The molecule has 0 radical (unpaired) electrons. The van der Waals surface area contributed by atoms with Crippen LogP contribution in [0.3, 0.4) is 0 Å². The molecule has 1 aliphatic rings. The average molecular weight is 470 g/mol. The lowest BCUT2D eigenvalue weighted by Gasteiger charge is -2.48. The van der Waals surface area contributed by atoms with Crippen LogP contribution in [0.1, 0.15) is 41.3 Å². The molecule has 0 spiro atoms. The van der Waals surface area contributed by atoms with Gasteiger partial charge in [0.05, 0.1) is 16.3 Å². The van der Waals surface area contributed by atoms with E-state index in [0.29, 0.717) is 5.56 Å². The van der Waals surface area contributed by atoms with Gasteiger partial charge in [0.2, 0.25) is 5.91 Å². The highest BCUT2D eigenvalue weighted by Crippen LogP contribution is 2.41. The van der Waals surface area contributed by atoms with E-state index in [-0.39, 0.29) is 24.7 Å². The molecule has 2 aromatic carbocycles. The lowest BCUT2D eigenvalue weighted by atomic mass is 9.71. The van der Waals surface area contributed by atoms with E-state index in [9.17, 15) is 27.5 Å². The molecule has 31 heavy (non-hydrogen) atoms. The fourth-order valence-corrected chi connectivity index (χ4v) is 4.64. The van der Waals surface area contributed by atoms with Crippen LogP contribution in [-0.2, 0) is 20.4 Å². The van der Waals surface area contributed by atoms with E-state index >= 15 is 0 Å². The van der Waals surface area contributed by atoms with E-state index in [2.05, 4.69) is 5.32 Å². The maximum Gasteiger partial charge on any atom is 0.337 e. The average Bonchev–Trinajstić information content (AvgIpc) is 2.62. The SMILES string of the molecule is CC(C)c1ccccc1C1(C(=O)Nc2cc(F)c(Cl)cc2C(=O)O)CN(S(N)(=O)=O)C1. The molecule has 1 aliphatic heterocycles. The van der Waals surface area contributed by atoms with Gasteiger partial charge in [0.1, 0.15) is 11.2 Å². The van der Waals surface area contributed by atoms with E-state index in [1.807, 2.05) is 19.9 Å². The molecule has 1 fully saturated rings. The van der Waals surface area contributed by atoms with E-state index in [1.165, 1.54) is 0 Å². The highest BCUT2D eigenvalue weighted by Gasteiger charge is 2.55. The summed E-state index contributed by atoms with van der Waals surface area (Å²) in [6.45, 7) is 3.38. The summed E-state index contributed by atoms with van der Waals surface area (Å²) in [7, 11) is -4.04. The van der Waals surface area contributed by atoms with Crippen molar-refractivity contribution in [3.05, 3.63) is 63.9 Å². The van der Waals surface area contributed by atoms with Gasteiger partial charge in [-0.15, -0.1) is 0 Å². The summed E-state index contributed by atoms with van der Waals surface area (Å²) in [6.07, 6.45) is 0. The van der Waals surface area contributed by atoms with Gasteiger partial charge < -0.3 is 10.4 Å². The first-order valence-corrected chi connectivity index (χ1v) is 11.2. The topological polar surface area (TPSA) is 130 Å². The van der Waals surface area contributed by atoms with Crippen molar-refractivity contribution in [1.29, 1.82) is 0 Å². The highest BCUT2D eigenvalue weighted by molar-refractivity contribution is 7.86. The van der Waals surface area contributed by atoms with E-state index in [1.54, 1.807) is 18.2 Å². The standard InChI is InChI=1S/C20H21ClFN3O5S/c1-11(2)12-5-3-4-6-14(12)20(9-25(10-20)31(23,29)30)19(28)24-17-8-16(22)15(21)7-13(17)18(26)27/h3-8,11H,9-10H2,1-2H3,(H,24,28)(H,26,27)(H2,23,29,30). The molecular weight excluding hydrogens is 449 g/mol. The minimum Gasteiger partial charge on any atom is -0.478 e. The summed E-state index contributed by atoms with van der Waals surface area (Å²) in [4.78, 5) is 25.0. The Bertz CT molecular complexity index is 1160. The van der Waals surface area contributed by atoms with Gasteiger partial charge in [-0.25, -0.2) is 14.3 Å². The van der Waals surface area contributed by atoms with Gasteiger partial charge in [0.15, 0.2) is 0 Å². The summed E-state index contributed by atoms with van der Waals surface area (Å²) in [5.74, 6) is -2.97.